The highest BCUT2D eigenvalue weighted by Crippen LogP contribution is 2.18. The molecule has 0 aliphatic carbocycles. The maximum Gasteiger partial charge on any atom is 0.287 e. The highest BCUT2D eigenvalue weighted by Gasteiger charge is 2.20. The van der Waals surface area contributed by atoms with Crippen LogP contribution in [0.1, 0.15) is 0 Å². The minimum absolute atomic E-state index is 0.174. The Kier molecular flexibility index (Phi) is 3.32. The number of benzene rings is 1. The van der Waals surface area contributed by atoms with Gasteiger partial charge in [-0.15, -0.1) is 10.2 Å². The number of rotatable bonds is 4. The van der Waals surface area contributed by atoms with Crippen LogP contribution in [0.4, 0.5) is 0 Å². The van der Waals surface area contributed by atoms with Crippen molar-refractivity contribution in [2.75, 3.05) is 0 Å². The number of aromatic nitrogens is 4. The van der Waals surface area contributed by atoms with Gasteiger partial charge in [-0.25, -0.2) is 13.6 Å². The van der Waals surface area contributed by atoms with E-state index in [0.717, 1.165) is 0 Å². The van der Waals surface area contributed by atoms with E-state index >= 15 is 0 Å². The first-order chi connectivity index (χ1) is 8.78. The minimum Gasteiger partial charge on any atom is -0.215 e. The van der Waals surface area contributed by atoms with Crippen molar-refractivity contribution >= 4 is 20.2 Å². The number of hydrogen-bond acceptors (Lipinski definition) is 7. The fourth-order valence-electron chi connectivity index (χ4n) is 1.29. The average molecular weight is 304 g/mol. The van der Waals surface area contributed by atoms with E-state index in [0.29, 0.717) is 5.56 Å². The van der Waals surface area contributed by atoms with Crippen molar-refractivity contribution in [3.05, 3.63) is 24.3 Å². The van der Waals surface area contributed by atoms with Gasteiger partial charge in [0.1, 0.15) is 0 Å². The first-order valence-electron chi connectivity index (χ1n) is 4.68. The van der Waals surface area contributed by atoms with Crippen LogP contribution < -0.4 is 9.27 Å². The Bertz CT molecular complexity index is 783. The average Bonchev–Trinajstić information content (AvgIpc) is 2.79. The topological polar surface area (TPSA) is 161 Å². The molecule has 0 saturated heterocycles. The predicted molar refractivity (Wildman–Crippen MR) is 63.0 cm³/mol. The summed E-state index contributed by atoms with van der Waals surface area (Å²) >= 11 is 0. The molecule has 0 unspecified atom stereocenters. The Labute approximate surface area is 108 Å². The van der Waals surface area contributed by atoms with E-state index in [1.165, 1.54) is 22.3 Å². The van der Waals surface area contributed by atoms with E-state index < -0.39 is 20.2 Å². The molecule has 19 heavy (non-hydrogen) atoms. The van der Waals surface area contributed by atoms with Crippen LogP contribution in [0.3, 0.4) is 0 Å². The lowest BCUT2D eigenvalue weighted by Crippen LogP contribution is -2.35. The van der Waals surface area contributed by atoms with Gasteiger partial charge in [0.05, 0.1) is 4.90 Å². The van der Waals surface area contributed by atoms with Crippen molar-refractivity contribution in [3.8, 4) is 11.4 Å². The molecule has 0 radical (unpaired) electrons. The van der Waals surface area contributed by atoms with Crippen molar-refractivity contribution in [2.45, 2.75) is 4.90 Å². The normalized spacial score (nSPS) is 12.5. The SMILES string of the molecule is NS(=O)(=O)NS(=O)(=O)c1cccc(-c2nn[nH]n2)c1. The van der Waals surface area contributed by atoms with Crippen LogP contribution in [-0.4, -0.2) is 37.5 Å². The number of H-pyrrole nitrogens is 1. The number of hydrogen-bond donors (Lipinski definition) is 3. The first-order valence-corrected chi connectivity index (χ1v) is 7.71. The van der Waals surface area contributed by atoms with Gasteiger partial charge in [0.25, 0.3) is 20.2 Å². The van der Waals surface area contributed by atoms with Crippen molar-refractivity contribution in [2.24, 2.45) is 5.14 Å². The minimum atomic E-state index is -4.38. The van der Waals surface area contributed by atoms with Crippen LogP contribution in [0, 0.1) is 0 Å². The second kappa shape index (κ2) is 4.65. The van der Waals surface area contributed by atoms with Crippen LogP contribution in [-0.2, 0) is 20.2 Å². The molecule has 10 nitrogen and oxygen atoms in total. The Balaban J connectivity index is 2.45. The third kappa shape index (κ3) is 3.31. The smallest absolute Gasteiger partial charge is 0.215 e. The maximum absolute atomic E-state index is 11.7. The number of tetrazole rings is 1. The number of nitrogens with zero attached hydrogens (tertiary/aromatic N) is 3. The number of aromatic amines is 1. The molecule has 0 bridgehead atoms. The molecule has 0 saturated carbocycles. The fourth-order valence-corrected chi connectivity index (χ4v) is 3.44. The summed E-state index contributed by atoms with van der Waals surface area (Å²) in [4.78, 5) is -0.288. The lowest BCUT2D eigenvalue weighted by Gasteiger charge is -2.05. The van der Waals surface area contributed by atoms with E-state index in [1.54, 1.807) is 6.07 Å². The third-order valence-corrected chi connectivity index (χ3v) is 4.66. The van der Waals surface area contributed by atoms with Gasteiger partial charge in [-0.3, -0.25) is 0 Å². The number of nitrogens with two attached hydrogens (primary N) is 1. The van der Waals surface area contributed by atoms with Gasteiger partial charge in [-0.2, -0.15) is 13.6 Å². The molecule has 12 heteroatoms. The van der Waals surface area contributed by atoms with Gasteiger partial charge in [0.2, 0.25) is 5.82 Å². The van der Waals surface area contributed by atoms with Crippen LogP contribution in [0.2, 0.25) is 0 Å². The molecule has 4 N–H and O–H groups in total. The van der Waals surface area contributed by atoms with Crippen LogP contribution in [0.15, 0.2) is 29.2 Å². The molecule has 0 aliphatic rings. The first kappa shape index (κ1) is 13.5. The Morgan fingerprint density at radius 1 is 1.21 bits per heavy atom. The molecule has 2 rings (SSSR count). The Morgan fingerprint density at radius 3 is 2.53 bits per heavy atom. The zero-order chi connectivity index (χ0) is 14.1. The standard InChI is InChI=1S/C7H8N6O4S2/c8-19(16,17)13-18(14,15)6-3-1-2-5(4-6)7-9-11-12-10-7/h1-4,13H,(H2,8,16,17)(H,9,10,11,12). The molecule has 0 atom stereocenters. The summed E-state index contributed by atoms with van der Waals surface area (Å²) in [7, 11) is -8.67. The van der Waals surface area contributed by atoms with E-state index in [9.17, 15) is 16.8 Å². The van der Waals surface area contributed by atoms with Crippen LogP contribution in [0.25, 0.3) is 11.4 Å². The molecule has 0 amide bonds. The monoisotopic (exact) mass is 304 g/mol. The zero-order valence-electron chi connectivity index (χ0n) is 9.18. The molecular weight excluding hydrogens is 296 g/mol. The second-order valence-electron chi connectivity index (χ2n) is 3.40. The Morgan fingerprint density at radius 2 is 1.95 bits per heavy atom. The van der Waals surface area contributed by atoms with Crippen LogP contribution >= 0.6 is 0 Å². The molecule has 0 aliphatic heterocycles. The second-order valence-corrected chi connectivity index (χ2v) is 6.63. The largest absolute Gasteiger partial charge is 0.287 e. The quantitative estimate of drug-likeness (QED) is 0.609. The van der Waals surface area contributed by atoms with Gasteiger partial charge >= 0.3 is 0 Å². The fraction of sp³-hybridized carbons (Fsp3) is 0. The number of nitrogens with one attached hydrogen (secondary N) is 2. The molecule has 0 fully saturated rings. The molecule has 102 valence electrons. The predicted octanol–water partition coefficient (Wildman–Crippen LogP) is -1.65. The van der Waals surface area contributed by atoms with Crippen LogP contribution in [0.5, 0.6) is 0 Å². The van der Waals surface area contributed by atoms with Crippen molar-refractivity contribution < 1.29 is 16.8 Å². The summed E-state index contributed by atoms with van der Waals surface area (Å²) in [5, 5.41) is 17.5. The highest BCUT2D eigenvalue weighted by atomic mass is 32.3. The van der Waals surface area contributed by atoms with Crippen molar-refractivity contribution in [1.29, 1.82) is 0 Å². The molecule has 1 heterocycles. The van der Waals surface area contributed by atoms with E-state index in [-0.39, 0.29) is 10.7 Å². The molecular formula is C7H8N6O4S2. The zero-order valence-corrected chi connectivity index (χ0v) is 10.8. The van der Waals surface area contributed by atoms with E-state index in [4.69, 9.17) is 0 Å². The van der Waals surface area contributed by atoms with Crippen molar-refractivity contribution in [3.63, 3.8) is 0 Å². The van der Waals surface area contributed by atoms with E-state index in [2.05, 4.69) is 25.8 Å². The van der Waals surface area contributed by atoms with Gasteiger partial charge in [0.15, 0.2) is 0 Å². The van der Waals surface area contributed by atoms with Gasteiger partial charge in [0, 0.05) is 5.56 Å². The molecule has 0 spiro atoms. The van der Waals surface area contributed by atoms with Gasteiger partial charge < -0.3 is 0 Å². The summed E-state index contributed by atoms with van der Waals surface area (Å²) in [5.41, 5.74) is 0.353. The van der Waals surface area contributed by atoms with Crippen molar-refractivity contribution in [1.82, 2.24) is 24.8 Å². The number of sulfonamides is 1. The molecule has 1 aromatic heterocycles. The Hall–Kier alpha value is -1.89. The lowest BCUT2D eigenvalue weighted by atomic mass is 10.2. The van der Waals surface area contributed by atoms with Gasteiger partial charge in [-0.1, -0.05) is 16.3 Å². The lowest BCUT2D eigenvalue weighted by molar-refractivity contribution is 0.578. The molecule has 2 aromatic rings. The van der Waals surface area contributed by atoms with E-state index in [1.807, 2.05) is 0 Å². The summed E-state index contributed by atoms with van der Waals surface area (Å²) in [5.74, 6) is 0.174. The highest BCUT2D eigenvalue weighted by molar-refractivity contribution is 8.03. The summed E-state index contributed by atoms with van der Waals surface area (Å²) in [6.07, 6.45) is 0. The summed E-state index contributed by atoms with van der Waals surface area (Å²) in [6.45, 7) is 0. The summed E-state index contributed by atoms with van der Waals surface area (Å²) < 4.78 is 46.4. The maximum atomic E-state index is 11.7. The summed E-state index contributed by atoms with van der Waals surface area (Å²) in [6, 6.07) is 5.35. The molecule has 1 aromatic carbocycles. The third-order valence-electron chi connectivity index (χ3n) is 1.97. The van der Waals surface area contributed by atoms with Gasteiger partial charge in [-0.05, 0) is 17.3 Å².